The predicted octanol–water partition coefficient (Wildman–Crippen LogP) is 3.43. The second-order valence-electron chi connectivity index (χ2n) is 8.16. The van der Waals surface area contributed by atoms with Gasteiger partial charge in [0.05, 0.1) is 21.1 Å². The number of benzene rings is 2. The van der Waals surface area contributed by atoms with Crippen molar-refractivity contribution in [3.05, 3.63) is 63.2 Å². The van der Waals surface area contributed by atoms with Gasteiger partial charge in [-0.05, 0) is 68.4 Å². The fourth-order valence-corrected chi connectivity index (χ4v) is 5.93. The van der Waals surface area contributed by atoms with E-state index in [0.29, 0.717) is 29.0 Å². The SMILES string of the molecule is Cc1c(NC(=O)C2CCN(S(=O)(=O)c3ccc4c(c3)CCC4)CC2)cccc1[N+](=O)[O-]. The Morgan fingerprint density at radius 1 is 1.13 bits per heavy atom. The van der Waals surface area contributed by atoms with Crippen LogP contribution in [0.15, 0.2) is 41.3 Å². The number of nitrogens with one attached hydrogen (secondary N) is 1. The van der Waals surface area contributed by atoms with Crippen LogP contribution in [0.4, 0.5) is 11.4 Å². The number of anilines is 1. The number of rotatable bonds is 5. The Labute approximate surface area is 181 Å². The van der Waals surface area contributed by atoms with Crippen LogP contribution in [0.25, 0.3) is 0 Å². The summed E-state index contributed by atoms with van der Waals surface area (Å²) in [5.41, 5.74) is 3.10. The van der Waals surface area contributed by atoms with Gasteiger partial charge in [0.15, 0.2) is 0 Å². The molecule has 2 aliphatic rings. The zero-order chi connectivity index (χ0) is 22.2. The van der Waals surface area contributed by atoms with Crippen molar-refractivity contribution < 1.29 is 18.1 Å². The summed E-state index contributed by atoms with van der Waals surface area (Å²) in [5, 5.41) is 13.9. The largest absolute Gasteiger partial charge is 0.325 e. The monoisotopic (exact) mass is 443 g/mol. The lowest BCUT2D eigenvalue weighted by Crippen LogP contribution is -2.41. The minimum Gasteiger partial charge on any atom is -0.325 e. The molecule has 0 bridgehead atoms. The van der Waals surface area contributed by atoms with E-state index in [4.69, 9.17) is 0 Å². The Hall–Kier alpha value is -2.78. The first-order valence-electron chi connectivity index (χ1n) is 10.4. The number of hydrogen-bond acceptors (Lipinski definition) is 5. The average molecular weight is 444 g/mol. The molecule has 1 fully saturated rings. The van der Waals surface area contributed by atoms with Crippen LogP contribution in [0.3, 0.4) is 0 Å². The maximum absolute atomic E-state index is 13.1. The number of fused-ring (bicyclic) bond motifs is 1. The zero-order valence-corrected chi connectivity index (χ0v) is 18.2. The Bertz CT molecular complexity index is 1140. The standard InChI is InChI=1S/C22H25N3O5S/c1-15-20(6-3-7-21(15)25(27)28)23-22(26)17-10-12-24(13-11-17)31(29,30)19-9-8-16-4-2-5-18(16)14-19/h3,6-9,14,17H,2,4-5,10-13H2,1H3,(H,23,26). The van der Waals surface area contributed by atoms with Gasteiger partial charge < -0.3 is 5.32 Å². The van der Waals surface area contributed by atoms with Gasteiger partial charge >= 0.3 is 0 Å². The van der Waals surface area contributed by atoms with Crippen molar-refractivity contribution in [2.45, 2.75) is 43.9 Å². The molecule has 1 aliphatic heterocycles. The lowest BCUT2D eigenvalue weighted by atomic mass is 9.97. The number of aryl methyl sites for hydroxylation is 2. The fraction of sp³-hybridized carbons (Fsp3) is 0.409. The zero-order valence-electron chi connectivity index (χ0n) is 17.3. The smallest absolute Gasteiger partial charge is 0.274 e. The van der Waals surface area contributed by atoms with E-state index < -0.39 is 14.9 Å². The van der Waals surface area contributed by atoms with Crippen LogP contribution in [0.5, 0.6) is 0 Å². The van der Waals surface area contributed by atoms with Gasteiger partial charge in [0.25, 0.3) is 5.69 Å². The van der Waals surface area contributed by atoms with Gasteiger partial charge in [-0.15, -0.1) is 0 Å². The van der Waals surface area contributed by atoms with Crippen LogP contribution < -0.4 is 5.32 Å². The van der Waals surface area contributed by atoms with Crippen LogP contribution in [0, 0.1) is 23.0 Å². The summed E-state index contributed by atoms with van der Waals surface area (Å²) in [4.78, 5) is 23.7. The van der Waals surface area contributed by atoms with Crippen molar-refractivity contribution in [3.63, 3.8) is 0 Å². The second-order valence-corrected chi connectivity index (χ2v) is 10.1. The van der Waals surface area contributed by atoms with Crippen molar-refractivity contribution in [1.82, 2.24) is 4.31 Å². The molecular formula is C22H25N3O5S. The number of carbonyl (C=O) groups is 1. The number of nitro benzene ring substituents is 1. The maximum atomic E-state index is 13.1. The predicted molar refractivity (Wildman–Crippen MR) is 116 cm³/mol. The molecule has 0 radical (unpaired) electrons. The molecule has 1 N–H and O–H groups in total. The quantitative estimate of drug-likeness (QED) is 0.562. The number of amides is 1. The number of nitrogens with zero attached hydrogens (tertiary/aromatic N) is 2. The molecule has 0 spiro atoms. The van der Waals surface area contributed by atoms with Crippen molar-refractivity contribution in [2.75, 3.05) is 18.4 Å². The highest BCUT2D eigenvalue weighted by molar-refractivity contribution is 7.89. The summed E-state index contributed by atoms with van der Waals surface area (Å²) in [6, 6.07) is 9.95. The minimum absolute atomic E-state index is 0.0481. The number of hydrogen-bond donors (Lipinski definition) is 1. The van der Waals surface area contributed by atoms with Gasteiger partial charge in [-0.2, -0.15) is 4.31 Å². The van der Waals surface area contributed by atoms with Gasteiger partial charge in [0.1, 0.15) is 0 Å². The third kappa shape index (κ3) is 4.20. The molecule has 9 heteroatoms. The van der Waals surface area contributed by atoms with E-state index >= 15 is 0 Å². The first-order chi connectivity index (χ1) is 14.8. The number of sulfonamides is 1. The highest BCUT2D eigenvalue weighted by Crippen LogP contribution is 2.30. The number of nitro groups is 1. The second kappa shape index (κ2) is 8.39. The molecule has 0 unspecified atom stereocenters. The molecule has 1 amide bonds. The van der Waals surface area contributed by atoms with Gasteiger partial charge in [0.2, 0.25) is 15.9 Å². The van der Waals surface area contributed by atoms with Crippen LogP contribution >= 0.6 is 0 Å². The first-order valence-corrected chi connectivity index (χ1v) is 11.9. The van der Waals surface area contributed by atoms with E-state index in [0.717, 1.165) is 24.8 Å². The van der Waals surface area contributed by atoms with Crippen LogP contribution in [-0.4, -0.2) is 36.6 Å². The fourth-order valence-electron chi connectivity index (χ4n) is 4.41. The van der Waals surface area contributed by atoms with Crippen LogP contribution in [0.2, 0.25) is 0 Å². The normalized spacial score (nSPS) is 17.3. The summed E-state index contributed by atoms with van der Waals surface area (Å²) >= 11 is 0. The molecular weight excluding hydrogens is 418 g/mol. The average Bonchev–Trinajstić information content (AvgIpc) is 3.23. The summed E-state index contributed by atoms with van der Waals surface area (Å²) in [6.45, 7) is 2.14. The van der Waals surface area contributed by atoms with E-state index in [1.54, 1.807) is 25.1 Å². The molecule has 2 aromatic rings. The Morgan fingerprint density at radius 3 is 2.55 bits per heavy atom. The van der Waals surface area contributed by atoms with Crippen LogP contribution in [0.1, 0.15) is 36.0 Å². The Balaban J connectivity index is 1.41. The number of carbonyl (C=O) groups excluding carboxylic acids is 1. The summed E-state index contributed by atoms with van der Waals surface area (Å²) in [5.74, 6) is -0.580. The first kappa shape index (κ1) is 21.5. The lowest BCUT2D eigenvalue weighted by Gasteiger charge is -2.30. The van der Waals surface area contributed by atoms with Crippen molar-refractivity contribution in [2.24, 2.45) is 5.92 Å². The molecule has 1 saturated heterocycles. The van der Waals surface area contributed by atoms with E-state index in [9.17, 15) is 23.3 Å². The molecule has 31 heavy (non-hydrogen) atoms. The third-order valence-corrected chi connectivity index (χ3v) is 8.19. The van der Waals surface area contributed by atoms with Gasteiger partial charge in [-0.3, -0.25) is 14.9 Å². The Morgan fingerprint density at radius 2 is 1.84 bits per heavy atom. The highest BCUT2D eigenvalue weighted by atomic mass is 32.2. The van der Waals surface area contributed by atoms with E-state index in [1.807, 2.05) is 6.07 Å². The van der Waals surface area contributed by atoms with Gasteiger partial charge in [0, 0.05) is 25.1 Å². The molecule has 1 aliphatic carbocycles. The molecule has 2 aromatic carbocycles. The molecule has 0 saturated carbocycles. The molecule has 1 heterocycles. The minimum atomic E-state index is -3.59. The van der Waals surface area contributed by atoms with Gasteiger partial charge in [-0.1, -0.05) is 12.1 Å². The number of piperidine rings is 1. The molecule has 0 atom stereocenters. The highest BCUT2D eigenvalue weighted by Gasteiger charge is 2.33. The summed E-state index contributed by atoms with van der Waals surface area (Å²) in [7, 11) is -3.59. The van der Waals surface area contributed by atoms with Crippen molar-refractivity contribution in [1.29, 1.82) is 0 Å². The summed E-state index contributed by atoms with van der Waals surface area (Å²) in [6.07, 6.45) is 3.79. The van der Waals surface area contributed by atoms with Gasteiger partial charge in [-0.25, -0.2) is 8.42 Å². The van der Waals surface area contributed by atoms with Crippen LogP contribution in [-0.2, 0) is 27.7 Å². The molecule has 8 nitrogen and oxygen atoms in total. The van der Waals surface area contributed by atoms with E-state index in [2.05, 4.69) is 5.32 Å². The maximum Gasteiger partial charge on any atom is 0.274 e. The summed E-state index contributed by atoms with van der Waals surface area (Å²) < 4.78 is 27.6. The van der Waals surface area contributed by atoms with Crippen molar-refractivity contribution >= 4 is 27.3 Å². The topological polar surface area (TPSA) is 110 Å². The van der Waals surface area contributed by atoms with E-state index in [1.165, 1.54) is 22.0 Å². The Kier molecular flexibility index (Phi) is 5.81. The lowest BCUT2D eigenvalue weighted by molar-refractivity contribution is -0.385. The molecule has 0 aromatic heterocycles. The van der Waals surface area contributed by atoms with E-state index in [-0.39, 0.29) is 30.6 Å². The molecule has 164 valence electrons. The van der Waals surface area contributed by atoms with Crippen molar-refractivity contribution in [3.8, 4) is 0 Å². The third-order valence-electron chi connectivity index (χ3n) is 6.29. The molecule has 4 rings (SSSR count).